The van der Waals surface area contributed by atoms with Crippen molar-refractivity contribution in [1.29, 1.82) is 0 Å². The molecule has 0 fully saturated rings. The molecule has 0 nitrogen and oxygen atoms in total. The fourth-order valence-corrected chi connectivity index (χ4v) is 0.815. The summed E-state index contributed by atoms with van der Waals surface area (Å²) in [5.74, 6) is 0. The van der Waals surface area contributed by atoms with Crippen LogP contribution in [-0.2, 0) is 0 Å². The second-order valence-corrected chi connectivity index (χ2v) is 2.32. The molecular formula is C9H18. The van der Waals surface area contributed by atoms with Crippen molar-refractivity contribution >= 4 is 0 Å². The van der Waals surface area contributed by atoms with Crippen molar-refractivity contribution in [3.63, 3.8) is 0 Å². The molecule has 0 aliphatic rings. The first-order valence-corrected chi connectivity index (χ1v) is 4.05. The molecule has 2 radical (unpaired) electrons. The predicted molar refractivity (Wildman–Crippen MR) is 43.0 cm³/mol. The van der Waals surface area contributed by atoms with Crippen LogP contribution in [0.4, 0.5) is 0 Å². The molecule has 0 aliphatic carbocycles. The topological polar surface area (TPSA) is 0 Å². The summed E-state index contributed by atoms with van der Waals surface area (Å²) in [5.41, 5.74) is 0. The maximum Gasteiger partial charge on any atom is -0.0389 e. The average molecular weight is 126 g/mol. The Kier molecular flexibility index (Phi) is 8.00. The highest BCUT2D eigenvalue weighted by molar-refractivity contribution is 4.66. The van der Waals surface area contributed by atoms with E-state index in [0.29, 0.717) is 0 Å². The van der Waals surface area contributed by atoms with Gasteiger partial charge in [0.2, 0.25) is 0 Å². The molecular weight excluding hydrogens is 108 g/mol. The normalized spacial score (nSPS) is 10.0. The van der Waals surface area contributed by atoms with Crippen molar-refractivity contribution in [1.82, 2.24) is 0 Å². The summed E-state index contributed by atoms with van der Waals surface area (Å²) in [6.07, 6.45) is 11.1. The van der Waals surface area contributed by atoms with Crippen molar-refractivity contribution in [2.24, 2.45) is 0 Å². The Morgan fingerprint density at radius 3 is 1.67 bits per heavy atom. The fraction of sp³-hybridized carbons (Fsp3) is 0.778. The Morgan fingerprint density at radius 1 is 0.889 bits per heavy atom. The third-order valence-corrected chi connectivity index (χ3v) is 1.39. The summed E-state index contributed by atoms with van der Waals surface area (Å²) in [6.45, 7) is 4.40. The first-order valence-electron chi connectivity index (χ1n) is 4.05. The van der Waals surface area contributed by atoms with Gasteiger partial charge in [-0.3, -0.25) is 0 Å². The molecule has 54 valence electrons. The molecule has 0 spiro atoms. The Morgan fingerprint density at radius 2 is 1.33 bits per heavy atom. The molecule has 0 heteroatoms. The zero-order valence-corrected chi connectivity index (χ0v) is 6.69. The lowest BCUT2D eigenvalue weighted by Gasteiger charge is -1.95. The van der Waals surface area contributed by atoms with Gasteiger partial charge in [-0.1, -0.05) is 46.0 Å². The summed E-state index contributed by atoms with van der Waals surface area (Å²) in [5, 5.41) is 0. The van der Waals surface area contributed by atoms with Crippen molar-refractivity contribution < 1.29 is 0 Å². The summed E-state index contributed by atoms with van der Waals surface area (Å²) in [4.78, 5) is 0. The molecule has 0 N–H and O–H groups in total. The number of unbranched alkanes of at least 4 members (excludes halogenated alkanes) is 6. The van der Waals surface area contributed by atoms with Crippen LogP contribution in [0.15, 0.2) is 0 Å². The molecule has 0 saturated heterocycles. The molecule has 0 bridgehead atoms. The zero-order valence-electron chi connectivity index (χ0n) is 6.69. The lowest BCUT2D eigenvalue weighted by atomic mass is 10.1. The van der Waals surface area contributed by atoms with E-state index in [9.17, 15) is 0 Å². The first kappa shape index (κ1) is 9.00. The van der Waals surface area contributed by atoms with Crippen molar-refractivity contribution in [3.8, 4) is 0 Å². The van der Waals surface area contributed by atoms with Gasteiger partial charge in [-0.25, -0.2) is 0 Å². The number of rotatable bonds is 6. The molecule has 0 amide bonds. The lowest BCUT2D eigenvalue weighted by Crippen LogP contribution is -1.77. The van der Waals surface area contributed by atoms with Crippen LogP contribution in [0.2, 0.25) is 0 Å². The molecule has 0 heterocycles. The summed E-state index contributed by atoms with van der Waals surface area (Å²) >= 11 is 0. The number of hydrogen-bond donors (Lipinski definition) is 0. The molecule has 0 unspecified atom stereocenters. The Balaban J connectivity index is 2.60. The molecule has 0 aromatic carbocycles. The van der Waals surface area contributed by atoms with Crippen LogP contribution in [0.25, 0.3) is 0 Å². The van der Waals surface area contributed by atoms with Crippen molar-refractivity contribution in [2.75, 3.05) is 0 Å². The van der Waals surface area contributed by atoms with Crippen LogP contribution < -0.4 is 0 Å². The highest BCUT2D eigenvalue weighted by Crippen LogP contribution is 2.04. The van der Waals surface area contributed by atoms with Gasteiger partial charge in [0, 0.05) is 0 Å². The van der Waals surface area contributed by atoms with Crippen LogP contribution in [0, 0.1) is 12.8 Å². The van der Waals surface area contributed by atoms with E-state index < -0.39 is 0 Å². The molecule has 0 aromatic rings. The Hall–Kier alpha value is 0. The summed E-state index contributed by atoms with van der Waals surface area (Å²) in [6, 6.07) is 0. The van der Waals surface area contributed by atoms with E-state index in [4.69, 9.17) is 0 Å². The van der Waals surface area contributed by atoms with Gasteiger partial charge in [-0.2, -0.15) is 0 Å². The third-order valence-electron chi connectivity index (χ3n) is 1.39. The van der Waals surface area contributed by atoms with E-state index in [2.05, 4.69) is 26.7 Å². The Bertz CT molecular complexity index is 33.3. The van der Waals surface area contributed by atoms with Crippen molar-refractivity contribution in [2.45, 2.75) is 46.0 Å². The van der Waals surface area contributed by atoms with E-state index >= 15 is 0 Å². The summed E-state index contributed by atoms with van der Waals surface area (Å²) in [7, 11) is 0. The van der Waals surface area contributed by atoms with Gasteiger partial charge in [-0.15, -0.1) is 0 Å². The van der Waals surface area contributed by atoms with Gasteiger partial charge in [0.05, 0.1) is 0 Å². The SMILES string of the molecule is CC[CH]CCC[CH]CC. The average Bonchev–Trinajstić information content (AvgIpc) is 1.89. The maximum atomic E-state index is 2.35. The first-order chi connectivity index (χ1) is 4.41. The zero-order chi connectivity index (χ0) is 6.95. The predicted octanol–water partition coefficient (Wildman–Crippen LogP) is 3.39. The molecule has 0 aliphatic heterocycles. The van der Waals surface area contributed by atoms with Gasteiger partial charge >= 0.3 is 0 Å². The van der Waals surface area contributed by atoms with Crippen LogP contribution in [-0.4, -0.2) is 0 Å². The van der Waals surface area contributed by atoms with Crippen LogP contribution in [0.1, 0.15) is 46.0 Å². The van der Waals surface area contributed by atoms with Gasteiger partial charge in [0.25, 0.3) is 0 Å². The van der Waals surface area contributed by atoms with E-state index in [0.717, 1.165) is 0 Å². The Labute approximate surface area is 59.7 Å². The monoisotopic (exact) mass is 126 g/mol. The van der Waals surface area contributed by atoms with Gasteiger partial charge in [-0.05, 0) is 12.8 Å². The largest absolute Gasteiger partial charge is 0.0651 e. The number of hydrogen-bond acceptors (Lipinski definition) is 0. The second kappa shape index (κ2) is 8.00. The smallest absolute Gasteiger partial charge is 0.0389 e. The molecule has 9 heavy (non-hydrogen) atoms. The van der Waals surface area contributed by atoms with Crippen LogP contribution in [0.3, 0.4) is 0 Å². The van der Waals surface area contributed by atoms with E-state index in [1.807, 2.05) is 0 Å². The van der Waals surface area contributed by atoms with E-state index in [1.165, 1.54) is 32.1 Å². The maximum absolute atomic E-state index is 2.35. The minimum Gasteiger partial charge on any atom is -0.0651 e. The standard InChI is InChI=1S/C9H18/c1-3-5-7-9-8-6-4-2/h5-6H,3-4,7-9H2,1-2H3. The quantitative estimate of drug-likeness (QED) is 0.478. The fourth-order valence-electron chi connectivity index (χ4n) is 0.815. The van der Waals surface area contributed by atoms with Gasteiger partial charge < -0.3 is 0 Å². The molecule has 0 rings (SSSR count). The second-order valence-electron chi connectivity index (χ2n) is 2.32. The van der Waals surface area contributed by atoms with Gasteiger partial charge in [0.1, 0.15) is 0 Å². The third kappa shape index (κ3) is 8.00. The van der Waals surface area contributed by atoms with Gasteiger partial charge in [0.15, 0.2) is 0 Å². The molecule has 0 saturated carbocycles. The van der Waals surface area contributed by atoms with Crippen LogP contribution in [0.5, 0.6) is 0 Å². The highest BCUT2D eigenvalue weighted by atomic mass is 13.9. The van der Waals surface area contributed by atoms with Crippen molar-refractivity contribution in [3.05, 3.63) is 12.8 Å². The highest BCUT2D eigenvalue weighted by Gasteiger charge is 1.86. The lowest BCUT2D eigenvalue weighted by molar-refractivity contribution is 0.753. The summed E-state index contributed by atoms with van der Waals surface area (Å²) < 4.78 is 0. The minimum absolute atomic E-state index is 1.23. The molecule has 0 atom stereocenters. The minimum atomic E-state index is 1.23. The van der Waals surface area contributed by atoms with Crippen LogP contribution >= 0.6 is 0 Å². The van der Waals surface area contributed by atoms with E-state index in [1.54, 1.807) is 0 Å². The molecule has 0 aromatic heterocycles. The van der Waals surface area contributed by atoms with E-state index in [-0.39, 0.29) is 0 Å².